The van der Waals surface area contributed by atoms with Crippen molar-refractivity contribution in [2.24, 2.45) is 0 Å². The Hall–Kier alpha value is -3.22. The molecule has 0 radical (unpaired) electrons. The van der Waals surface area contributed by atoms with Gasteiger partial charge in [-0.05, 0) is 12.5 Å². The molecule has 32 heavy (non-hydrogen) atoms. The van der Waals surface area contributed by atoms with Crippen molar-refractivity contribution in [1.29, 1.82) is 0 Å². The van der Waals surface area contributed by atoms with E-state index in [1.807, 2.05) is 46.7 Å². The van der Waals surface area contributed by atoms with Gasteiger partial charge in [0.15, 0.2) is 4.96 Å². The SMILES string of the molecule is Cc1c(C(=O)N2CCN(C/C=C/c3ccccc3)CC2)sc2nc(-c3ccccc3)cn12. The molecule has 1 saturated heterocycles. The van der Waals surface area contributed by atoms with Crippen molar-refractivity contribution in [2.75, 3.05) is 32.7 Å². The van der Waals surface area contributed by atoms with Crippen molar-refractivity contribution in [3.8, 4) is 11.3 Å². The quantitative estimate of drug-likeness (QED) is 0.444. The molecule has 0 N–H and O–H groups in total. The molecule has 0 saturated carbocycles. The smallest absolute Gasteiger partial charge is 0.265 e. The van der Waals surface area contributed by atoms with Crippen LogP contribution >= 0.6 is 11.3 Å². The van der Waals surface area contributed by atoms with Crippen LogP contribution < -0.4 is 0 Å². The molecule has 5 nitrogen and oxygen atoms in total. The van der Waals surface area contributed by atoms with E-state index in [2.05, 4.69) is 53.5 Å². The highest BCUT2D eigenvalue weighted by Gasteiger charge is 2.26. The third kappa shape index (κ3) is 4.24. The number of carbonyl (C=O) groups is 1. The van der Waals surface area contributed by atoms with E-state index >= 15 is 0 Å². The average molecular weight is 443 g/mol. The minimum absolute atomic E-state index is 0.124. The van der Waals surface area contributed by atoms with E-state index in [-0.39, 0.29) is 5.91 Å². The molecular formula is C26H26N4OS. The minimum atomic E-state index is 0.124. The lowest BCUT2D eigenvalue weighted by Crippen LogP contribution is -2.48. The number of amides is 1. The van der Waals surface area contributed by atoms with Gasteiger partial charge in [-0.3, -0.25) is 14.1 Å². The first-order chi connectivity index (χ1) is 15.7. The number of fused-ring (bicyclic) bond motifs is 1. The van der Waals surface area contributed by atoms with Crippen LogP contribution in [-0.2, 0) is 0 Å². The lowest BCUT2D eigenvalue weighted by molar-refractivity contribution is 0.0654. The van der Waals surface area contributed by atoms with E-state index in [0.29, 0.717) is 0 Å². The molecule has 162 valence electrons. The average Bonchev–Trinajstić information content (AvgIpc) is 3.40. The second-order valence-electron chi connectivity index (χ2n) is 8.07. The Labute approximate surface area is 192 Å². The number of aryl methyl sites for hydroxylation is 1. The first kappa shape index (κ1) is 20.7. The number of hydrogen-bond acceptors (Lipinski definition) is 4. The predicted octanol–water partition coefficient (Wildman–Crippen LogP) is 4.84. The van der Waals surface area contributed by atoms with E-state index < -0.39 is 0 Å². The Kier molecular flexibility index (Phi) is 5.88. The van der Waals surface area contributed by atoms with Crippen molar-refractivity contribution < 1.29 is 4.79 Å². The molecule has 0 unspecified atom stereocenters. The maximum Gasteiger partial charge on any atom is 0.265 e. The summed E-state index contributed by atoms with van der Waals surface area (Å²) in [6.45, 7) is 6.22. The number of piperazine rings is 1. The minimum Gasteiger partial charge on any atom is -0.335 e. The van der Waals surface area contributed by atoms with Crippen LogP contribution in [0.25, 0.3) is 22.3 Å². The van der Waals surface area contributed by atoms with Gasteiger partial charge in [0, 0.05) is 50.2 Å². The van der Waals surface area contributed by atoms with Gasteiger partial charge in [0.05, 0.1) is 5.69 Å². The first-order valence-electron chi connectivity index (χ1n) is 11.0. The molecule has 2 aromatic carbocycles. The van der Waals surface area contributed by atoms with Gasteiger partial charge in [-0.25, -0.2) is 4.98 Å². The fourth-order valence-corrected chi connectivity index (χ4v) is 5.15. The number of carbonyl (C=O) groups excluding carboxylic acids is 1. The van der Waals surface area contributed by atoms with E-state index in [1.165, 1.54) is 16.9 Å². The number of thiazole rings is 1. The highest BCUT2D eigenvalue weighted by atomic mass is 32.1. The zero-order chi connectivity index (χ0) is 21.9. The molecule has 0 atom stereocenters. The molecule has 0 spiro atoms. The van der Waals surface area contributed by atoms with Crippen molar-refractivity contribution >= 4 is 28.3 Å². The van der Waals surface area contributed by atoms with E-state index in [1.54, 1.807) is 0 Å². The fourth-order valence-electron chi connectivity index (χ4n) is 4.08. The molecule has 0 aliphatic carbocycles. The van der Waals surface area contributed by atoms with Crippen molar-refractivity contribution in [2.45, 2.75) is 6.92 Å². The largest absolute Gasteiger partial charge is 0.335 e. The summed E-state index contributed by atoms with van der Waals surface area (Å²) in [5.74, 6) is 0.124. The summed E-state index contributed by atoms with van der Waals surface area (Å²) in [7, 11) is 0. The van der Waals surface area contributed by atoms with Gasteiger partial charge >= 0.3 is 0 Å². The zero-order valence-electron chi connectivity index (χ0n) is 18.1. The molecule has 1 aliphatic heterocycles. The van der Waals surface area contributed by atoms with Gasteiger partial charge in [-0.1, -0.05) is 84.2 Å². The molecule has 5 rings (SSSR count). The third-order valence-electron chi connectivity index (χ3n) is 5.95. The molecule has 2 aromatic heterocycles. The number of imidazole rings is 1. The highest BCUT2D eigenvalue weighted by Crippen LogP contribution is 2.28. The van der Waals surface area contributed by atoms with Crippen LogP contribution in [0.5, 0.6) is 0 Å². The summed E-state index contributed by atoms with van der Waals surface area (Å²) in [4.78, 5) is 24.0. The maximum absolute atomic E-state index is 13.2. The normalized spacial score (nSPS) is 15.1. The summed E-state index contributed by atoms with van der Waals surface area (Å²) >= 11 is 1.49. The molecule has 1 aliphatic rings. The van der Waals surface area contributed by atoms with E-state index in [4.69, 9.17) is 4.98 Å². The monoisotopic (exact) mass is 442 g/mol. The van der Waals surface area contributed by atoms with Gasteiger partial charge in [0.1, 0.15) is 4.88 Å². The number of hydrogen-bond donors (Lipinski definition) is 0. The molecular weight excluding hydrogens is 416 g/mol. The molecule has 6 heteroatoms. The number of nitrogens with zero attached hydrogens (tertiary/aromatic N) is 4. The van der Waals surface area contributed by atoms with Gasteiger partial charge in [-0.15, -0.1) is 0 Å². The van der Waals surface area contributed by atoms with Crippen LogP contribution in [0.3, 0.4) is 0 Å². The molecule has 1 amide bonds. The van der Waals surface area contributed by atoms with Crippen LogP contribution in [0.15, 0.2) is 72.9 Å². The Bertz CT molecular complexity index is 1240. The van der Waals surface area contributed by atoms with Gasteiger partial charge in [-0.2, -0.15) is 0 Å². The van der Waals surface area contributed by atoms with Gasteiger partial charge < -0.3 is 4.90 Å². The lowest BCUT2D eigenvalue weighted by Gasteiger charge is -2.34. The number of aromatic nitrogens is 2. The van der Waals surface area contributed by atoms with Crippen LogP contribution in [0.1, 0.15) is 20.9 Å². The highest BCUT2D eigenvalue weighted by molar-refractivity contribution is 7.19. The summed E-state index contributed by atoms with van der Waals surface area (Å²) in [5.41, 5.74) is 4.22. The van der Waals surface area contributed by atoms with E-state index in [9.17, 15) is 4.79 Å². The molecule has 0 bridgehead atoms. The predicted molar refractivity (Wildman–Crippen MR) is 131 cm³/mol. The Morgan fingerprint density at radius 3 is 2.38 bits per heavy atom. The fraction of sp³-hybridized carbons (Fsp3) is 0.231. The van der Waals surface area contributed by atoms with Crippen LogP contribution in [0.4, 0.5) is 0 Å². The summed E-state index contributed by atoms with van der Waals surface area (Å²) < 4.78 is 2.05. The second-order valence-corrected chi connectivity index (χ2v) is 9.04. The van der Waals surface area contributed by atoms with Gasteiger partial charge in [0.25, 0.3) is 5.91 Å². The van der Waals surface area contributed by atoms with E-state index in [0.717, 1.165) is 59.5 Å². The summed E-state index contributed by atoms with van der Waals surface area (Å²) in [6, 6.07) is 20.5. The van der Waals surface area contributed by atoms with Crippen LogP contribution in [-0.4, -0.2) is 57.8 Å². The van der Waals surface area contributed by atoms with Gasteiger partial charge in [0.2, 0.25) is 0 Å². The Morgan fingerprint density at radius 2 is 1.69 bits per heavy atom. The molecule has 3 heterocycles. The van der Waals surface area contributed by atoms with Crippen molar-refractivity contribution in [3.05, 3.63) is 89.1 Å². The van der Waals surface area contributed by atoms with Crippen LogP contribution in [0.2, 0.25) is 0 Å². The Balaban J connectivity index is 1.22. The van der Waals surface area contributed by atoms with Crippen LogP contribution in [0, 0.1) is 6.92 Å². The summed E-state index contributed by atoms with van der Waals surface area (Å²) in [5, 5.41) is 0. The van der Waals surface area contributed by atoms with Crippen molar-refractivity contribution in [1.82, 2.24) is 19.2 Å². The zero-order valence-corrected chi connectivity index (χ0v) is 19.0. The Morgan fingerprint density at radius 1 is 1.00 bits per heavy atom. The number of rotatable bonds is 5. The standard InChI is InChI=1S/C26H26N4OS/c1-20-24(32-26-27-23(19-30(20)26)22-12-6-3-7-13-22)25(31)29-17-15-28(16-18-29)14-8-11-21-9-4-2-5-10-21/h2-13,19H,14-18H2,1H3/b11-8+. The topological polar surface area (TPSA) is 40.9 Å². The maximum atomic E-state index is 13.2. The molecule has 4 aromatic rings. The second kappa shape index (κ2) is 9.10. The number of benzene rings is 2. The van der Waals surface area contributed by atoms with Crippen molar-refractivity contribution in [3.63, 3.8) is 0 Å². The molecule has 1 fully saturated rings. The third-order valence-corrected chi connectivity index (χ3v) is 7.10. The lowest BCUT2D eigenvalue weighted by atomic mass is 10.2. The summed E-state index contributed by atoms with van der Waals surface area (Å²) in [6.07, 6.45) is 6.39. The first-order valence-corrected chi connectivity index (χ1v) is 11.8.